The van der Waals surface area contributed by atoms with Gasteiger partial charge in [-0.3, -0.25) is 9.59 Å². The zero-order valence-corrected chi connectivity index (χ0v) is 16.9. The number of nitrogens with one attached hydrogen (secondary N) is 2. The number of benzene rings is 1. The van der Waals surface area contributed by atoms with E-state index in [2.05, 4.69) is 4.98 Å². The van der Waals surface area contributed by atoms with E-state index in [4.69, 9.17) is 4.74 Å². The van der Waals surface area contributed by atoms with Crippen LogP contribution in [-0.4, -0.2) is 56.0 Å². The lowest BCUT2D eigenvalue weighted by Crippen LogP contribution is -3.05. The molecule has 1 fully saturated rings. The first kappa shape index (κ1) is 20.5. The first-order chi connectivity index (χ1) is 13.9. The smallest absolute Gasteiger partial charge is 0.295 e. The lowest BCUT2D eigenvalue weighted by Gasteiger charge is -2.25. The zero-order valence-electron chi connectivity index (χ0n) is 16.9. The summed E-state index contributed by atoms with van der Waals surface area (Å²) in [6.45, 7) is 1.31. The Bertz CT molecular complexity index is 925. The Morgan fingerprint density at radius 3 is 2.59 bits per heavy atom. The highest BCUT2D eigenvalue weighted by atomic mass is 16.5. The normalized spacial score (nSPS) is 18.5. The van der Waals surface area contributed by atoms with Gasteiger partial charge in [-0.2, -0.15) is 0 Å². The van der Waals surface area contributed by atoms with E-state index >= 15 is 0 Å². The highest BCUT2D eigenvalue weighted by Gasteiger charge is 2.46. The molecule has 2 aromatic rings. The van der Waals surface area contributed by atoms with Gasteiger partial charge >= 0.3 is 0 Å². The Morgan fingerprint density at radius 2 is 1.93 bits per heavy atom. The molecule has 1 aromatic heterocycles. The minimum Gasteiger partial charge on any atom is -0.507 e. The van der Waals surface area contributed by atoms with E-state index in [0.717, 1.165) is 18.5 Å². The molecule has 7 nitrogen and oxygen atoms in total. The fourth-order valence-electron chi connectivity index (χ4n) is 3.57. The summed E-state index contributed by atoms with van der Waals surface area (Å²) >= 11 is 0. The van der Waals surface area contributed by atoms with E-state index in [-0.39, 0.29) is 11.3 Å². The molecule has 152 valence electrons. The minimum absolute atomic E-state index is 0.103. The quantitative estimate of drug-likeness (QED) is 0.404. The van der Waals surface area contributed by atoms with Crippen molar-refractivity contribution in [2.75, 3.05) is 34.3 Å². The van der Waals surface area contributed by atoms with E-state index in [9.17, 15) is 14.7 Å². The number of ketones is 1. The molecule has 0 aliphatic carbocycles. The molecule has 1 aliphatic heterocycles. The number of pyridine rings is 1. The largest absolute Gasteiger partial charge is 0.507 e. The van der Waals surface area contributed by atoms with Crippen LogP contribution in [0.25, 0.3) is 5.76 Å². The summed E-state index contributed by atoms with van der Waals surface area (Å²) in [6.07, 6.45) is 4.24. The van der Waals surface area contributed by atoms with Crippen LogP contribution < -0.4 is 14.6 Å². The number of ether oxygens (including phenoxy) is 1. The van der Waals surface area contributed by atoms with E-state index in [1.807, 2.05) is 26.2 Å². The topological polar surface area (TPSA) is 85.4 Å². The van der Waals surface area contributed by atoms with Crippen molar-refractivity contribution in [3.63, 3.8) is 0 Å². The average Bonchev–Trinajstić information content (AvgIpc) is 2.98. The van der Waals surface area contributed by atoms with Crippen LogP contribution in [0.3, 0.4) is 0 Å². The number of methoxy groups -OCH3 is 1. The van der Waals surface area contributed by atoms with Gasteiger partial charge in [0, 0.05) is 30.7 Å². The molecule has 2 heterocycles. The number of rotatable bonds is 7. The van der Waals surface area contributed by atoms with Gasteiger partial charge in [0.15, 0.2) is 12.4 Å². The van der Waals surface area contributed by atoms with Gasteiger partial charge in [0.25, 0.3) is 11.7 Å². The summed E-state index contributed by atoms with van der Waals surface area (Å²) in [5.74, 6) is -0.884. The van der Waals surface area contributed by atoms with Crippen molar-refractivity contribution < 1.29 is 29.3 Å². The number of Topliss-reactive ketones (excluding diaryl/α,β-unsaturated/α-hetero) is 1. The molecule has 3 N–H and O–H groups in total. The Morgan fingerprint density at radius 1 is 1.21 bits per heavy atom. The fourth-order valence-corrected chi connectivity index (χ4v) is 3.57. The number of H-pyrrole nitrogens is 1. The molecule has 3 rings (SSSR count). The molecule has 1 unspecified atom stereocenters. The number of quaternary nitrogens is 1. The highest BCUT2D eigenvalue weighted by molar-refractivity contribution is 6.46. The third-order valence-corrected chi connectivity index (χ3v) is 5.02. The van der Waals surface area contributed by atoms with Gasteiger partial charge < -0.3 is 19.6 Å². The zero-order chi connectivity index (χ0) is 21.0. The van der Waals surface area contributed by atoms with Crippen LogP contribution >= 0.6 is 0 Å². The molecule has 0 bridgehead atoms. The summed E-state index contributed by atoms with van der Waals surface area (Å²) in [5.41, 5.74) is 1.31. The Hall–Kier alpha value is -3.19. The summed E-state index contributed by atoms with van der Waals surface area (Å²) < 4.78 is 5.22. The van der Waals surface area contributed by atoms with Crippen molar-refractivity contribution in [2.24, 2.45) is 0 Å². The molecular formula is C22H27N3O4+2. The first-order valence-electron chi connectivity index (χ1n) is 9.62. The number of likely N-dealkylation sites (tertiary alicyclic amines) is 1. The van der Waals surface area contributed by atoms with Crippen molar-refractivity contribution in [1.82, 2.24) is 4.90 Å². The molecule has 1 saturated heterocycles. The van der Waals surface area contributed by atoms with E-state index < -0.39 is 17.7 Å². The number of carbonyl (C=O) groups excluding carboxylic acids is 2. The lowest BCUT2D eigenvalue weighted by atomic mass is 9.96. The molecule has 1 amide bonds. The van der Waals surface area contributed by atoms with E-state index in [0.29, 0.717) is 17.9 Å². The van der Waals surface area contributed by atoms with Crippen molar-refractivity contribution in [1.29, 1.82) is 0 Å². The van der Waals surface area contributed by atoms with Gasteiger partial charge in [0.2, 0.25) is 0 Å². The van der Waals surface area contributed by atoms with Gasteiger partial charge in [-0.15, -0.1) is 0 Å². The van der Waals surface area contributed by atoms with Crippen molar-refractivity contribution in [3.05, 3.63) is 65.5 Å². The maximum atomic E-state index is 12.9. The second kappa shape index (κ2) is 8.87. The molecule has 0 saturated carbocycles. The standard InChI is InChI=1S/C22H25N3O4/c1-24(2)12-5-13-25-19(15-8-10-23-11-9-15)18(21(27)22(25)28)20(26)16-6-4-7-17(14-16)29-3/h4,6-11,14,19,26H,5,12-13H2,1-3H3/p+2. The third kappa shape index (κ3) is 4.30. The van der Waals surface area contributed by atoms with Gasteiger partial charge in [-0.05, 0) is 17.7 Å². The molecule has 1 aromatic carbocycles. The van der Waals surface area contributed by atoms with Crippen LogP contribution in [0.4, 0.5) is 0 Å². The lowest BCUT2D eigenvalue weighted by molar-refractivity contribution is -0.858. The van der Waals surface area contributed by atoms with Gasteiger partial charge in [0.05, 0.1) is 39.4 Å². The van der Waals surface area contributed by atoms with E-state index in [1.54, 1.807) is 41.6 Å². The summed E-state index contributed by atoms with van der Waals surface area (Å²) in [6, 6.07) is 9.83. The predicted octanol–water partition coefficient (Wildman–Crippen LogP) is 0.466. The van der Waals surface area contributed by atoms with Crippen LogP contribution in [0.15, 0.2) is 54.4 Å². The number of aliphatic hydroxyl groups excluding tert-OH is 1. The fraction of sp³-hybridized carbons (Fsp3) is 0.318. The van der Waals surface area contributed by atoms with Crippen LogP contribution in [0, 0.1) is 0 Å². The number of hydrogen-bond acceptors (Lipinski definition) is 4. The third-order valence-electron chi connectivity index (χ3n) is 5.02. The molecule has 1 atom stereocenters. The van der Waals surface area contributed by atoms with Crippen molar-refractivity contribution in [3.8, 4) is 5.75 Å². The molecule has 0 radical (unpaired) electrons. The Kier molecular flexibility index (Phi) is 6.29. The number of nitrogens with zero attached hydrogens (tertiary/aromatic N) is 1. The van der Waals surface area contributed by atoms with Crippen LogP contribution in [0.2, 0.25) is 0 Å². The summed E-state index contributed by atoms with van der Waals surface area (Å²) in [4.78, 5) is 31.5. The van der Waals surface area contributed by atoms with Crippen molar-refractivity contribution >= 4 is 17.4 Å². The van der Waals surface area contributed by atoms with Crippen LogP contribution in [0.5, 0.6) is 5.75 Å². The van der Waals surface area contributed by atoms with Crippen molar-refractivity contribution in [2.45, 2.75) is 12.5 Å². The minimum atomic E-state index is -0.666. The Labute approximate surface area is 170 Å². The van der Waals surface area contributed by atoms with Crippen LogP contribution in [-0.2, 0) is 9.59 Å². The number of aromatic amines is 1. The Balaban J connectivity index is 2.07. The molecular weight excluding hydrogens is 370 g/mol. The summed E-state index contributed by atoms with van der Waals surface area (Å²) in [7, 11) is 5.62. The summed E-state index contributed by atoms with van der Waals surface area (Å²) in [5, 5.41) is 11.0. The second-order valence-corrected chi connectivity index (χ2v) is 7.37. The van der Waals surface area contributed by atoms with Gasteiger partial charge in [-0.1, -0.05) is 12.1 Å². The number of carbonyl (C=O) groups is 2. The molecule has 0 spiro atoms. The molecule has 7 heteroatoms. The number of amides is 1. The molecule has 1 aliphatic rings. The number of hydrogen-bond donors (Lipinski definition) is 2. The monoisotopic (exact) mass is 397 g/mol. The van der Waals surface area contributed by atoms with E-state index in [1.165, 1.54) is 12.0 Å². The van der Waals surface area contributed by atoms with Gasteiger partial charge in [-0.25, -0.2) is 4.98 Å². The van der Waals surface area contributed by atoms with Crippen LogP contribution in [0.1, 0.15) is 23.6 Å². The number of aliphatic hydroxyl groups is 1. The number of aromatic nitrogens is 1. The van der Waals surface area contributed by atoms with Gasteiger partial charge in [0.1, 0.15) is 11.5 Å². The highest BCUT2D eigenvalue weighted by Crippen LogP contribution is 2.39. The predicted molar refractivity (Wildman–Crippen MR) is 107 cm³/mol. The first-order valence-corrected chi connectivity index (χ1v) is 9.62. The molecule has 29 heavy (non-hydrogen) atoms. The maximum absolute atomic E-state index is 12.9. The SMILES string of the molecule is COc1cccc(C(O)=C2C(=O)C(=O)N(CCC[NH+](C)C)C2c2cc[nH+]cc2)c1. The average molecular weight is 397 g/mol. The maximum Gasteiger partial charge on any atom is 0.295 e. The second-order valence-electron chi connectivity index (χ2n) is 7.37.